The first kappa shape index (κ1) is 22.4. The number of benzene rings is 1. The first-order valence-corrected chi connectivity index (χ1v) is 13.1. The number of amides is 1. The van der Waals surface area contributed by atoms with Crippen LogP contribution in [0.1, 0.15) is 56.6 Å². The van der Waals surface area contributed by atoms with Gasteiger partial charge in [0, 0.05) is 51.8 Å². The van der Waals surface area contributed by atoms with Crippen LogP contribution in [0.3, 0.4) is 0 Å². The van der Waals surface area contributed by atoms with Gasteiger partial charge < -0.3 is 9.64 Å². The molecule has 1 aliphatic carbocycles. The summed E-state index contributed by atoms with van der Waals surface area (Å²) in [6, 6.07) is 10.4. The van der Waals surface area contributed by atoms with Crippen molar-refractivity contribution in [1.29, 1.82) is 0 Å². The third kappa shape index (κ3) is 5.21. The number of fused-ring (bicyclic) bond motifs is 1. The molecule has 0 bridgehead atoms. The molecule has 0 unspecified atom stereocenters. The summed E-state index contributed by atoms with van der Waals surface area (Å²) < 4.78 is 6.02. The zero-order chi connectivity index (χ0) is 21.9. The minimum Gasteiger partial charge on any atom is -0.377 e. The molecule has 1 aromatic rings. The molecule has 5 heteroatoms. The predicted molar refractivity (Wildman–Crippen MR) is 128 cm³/mol. The van der Waals surface area contributed by atoms with E-state index in [9.17, 15) is 4.79 Å². The van der Waals surface area contributed by atoms with Gasteiger partial charge in [0.1, 0.15) is 0 Å². The van der Waals surface area contributed by atoms with Crippen molar-refractivity contribution in [3.63, 3.8) is 0 Å². The molecule has 5 nitrogen and oxygen atoms in total. The number of likely N-dealkylation sites (tertiary alicyclic amines) is 2. The van der Waals surface area contributed by atoms with E-state index in [-0.39, 0.29) is 5.91 Å². The van der Waals surface area contributed by atoms with Crippen LogP contribution in [-0.4, -0.2) is 84.7 Å². The summed E-state index contributed by atoms with van der Waals surface area (Å²) in [6.07, 6.45) is 10.2. The quantitative estimate of drug-likeness (QED) is 0.681. The van der Waals surface area contributed by atoms with Gasteiger partial charge in [0.05, 0.1) is 6.10 Å². The lowest BCUT2D eigenvalue weighted by Gasteiger charge is -2.42. The molecule has 0 spiro atoms. The number of hydrogen-bond acceptors (Lipinski definition) is 4. The molecule has 1 aromatic carbocycles. The van der Waals surface area contributed by atoms with E-state index in [4.69, 9.17) is 4.74 Å². The van der Waals surface area contributed by atoms with Crippen molar-refractivity contribution in [2.75, 3.05) is 45.9 Å². The lowest BCUT2D eigenvalue weighted by Crippen LogP contribution is -2.51. The highest BCUT2D eigenvalue weighted by Crippen LogP contribution is 2.30. The Morgan fingerprint density at radius 2 is 1.66 bits per heavy atom. The smallest absolute Gasteiger partial charge is 0.219 e. The second-order valence-electron chi connectivity index (χ2n) is 10.6. The van der Waals surface area contributed by atoms with Gasteiger partial charge in [-0.15, -0.1) is 0 Å². The van der Waals surface area contributed by atoms with E-state index in [1.165, 1.54) is 58.2 Å². The zero-order valence-corrected chi connectivity index (χ0v) is 19.9. The van der Waals surface area contributed by atoms with Gasteiger partial charge in [-0.25, -0.2) is 0 Å². The monoisotopic (exact) mass is 439 g/mol. The molecular weight excluding hydrogens is 398 g/mol. The highest BCUT2D eigenvalue weighted by Gasteiger charge is 2.33. The number of piperidine rings is 2. The Kier molecular flexibility index (Phi) is 7.15. The molecule has 0 radical (unpaired) electrons. The van der Waals surface area contributed by atoms with Gasteiger partial charge in [-0.1, -0.05) is 24.3 Å². The Hall–Kier alpha value is -1.43. The van der Waals surface area contributed by atoms with Crippen LogP contribution in [0.4, 0.5) is 0 Å². The third-order valence-corrected chi connectivity index (χ3v) is 8.58. The molecule has 5 rings (SSSR count). The van der Waals surface area contributed by atoms with Crippen LogP contribution in [0.15, 0.2) is 24.3 Å². The molecule has 176 valence electrons. The van der Waals surface area contributed by atoms with Gasteiger partial charge in [0.15, 0.2) is 0 Å². The third-order valence-electron chi connectivity index (χ3n) is 8.58. The Morgan fingerprint density at radius 3 is 2.25 bits per heavy atom. The summed E-state index contributed by atoms with van der Waals surface area (Å²) in [5, 5.41) is 0. The van der Waals surface area contributed by atoms with Crippen LogP contribution in [0.5, 0.6) is 0 Å². The van der Waals surface area contributed by atoms with E-state index >= 15 is 0 Å². The molecule has 4 aliphatic rings. The molecule has 32 heavy (non-hydrogen) atoms. The standard InChI is InChI=1S/C27H41N3O2/c1-21(31)28-14-10-25(11-15-28)30(20-27-7-4-16-32-27)19-22-8-12-29(13-9-22)26-17-23-5-2-3-6-24(23)18-26/h2-3,5-6,22,25-27H,4,7-20H2,1H3/t27-/m1/s1. The van der Waals surface area contributed by atoms with E-state index in [0.29, 0.717) is 18.2 Å². The van der Waals surface area contributed by atoms with Gasteiger partial charge in [-0.2, -0.15) is 0 Å². The minimum absolute atomic E-state index is 0.232. The van der Waals surface area contributed by atoms with Crippen molar-refractivity contribution in [3.05, 3.63) is 35.4 Å². The number of rotatable bonds is 6. The topological polar surface area (TPSA) is 36.0 Å². The number of ether oxygens (including phenoxy) is 1. The Morgan fingerprint density at radius 1 is 0.969 bits per heavy atom. The largest absolute Gasteiger partial charge is 0.377 e. The molecule has 1 atom stereocenters. The Labute approximate surface area is 194 Å². The lowest BCUT2D eigenvalue weighted by atomic mass is 9.92. The molecule has 3 heterocycles. The van der Waals surface area contributed by atoms with E-state index in [2.05, 4.69) is 34.1 Å². The SMILES string of the molecule is CC(=O)N1CCC(N(CC2CCN(C3Cc4ccccc4C3)CC2)C[C@H]2CCCO2)CC1. The van der Waals surface area contributed by atoms with Crippen molar-refractivity contribution in [2.45, 2.75) is 76.5 Å². The maximum atomic E-state index is 11.8. The summed E-state index contributed by atoms with van der Waals surface area (Å²) in [5.41, 5.74) is 3.14. The number of carbonyl (C=O) groups is 1. The van der Waals surface area contributed by atoms with Gasteiger partial charge >= 0.3 is 0 Å². The molecule has 3 fully saturated rings. The van der Waals surface area contributed by atoms with Crippen molar-refractivity contribution >= 4 is 5.91 Å². The maximum Gasteiger partial charge on any atom is 0.219 e. The molecule has 0 N–H and O–H groups in total. The van der Waals surface area contributed by atoms with Crippen molar-refractivity contribution in [1.82, 2.24) is 14.7 Å². The van der Waals surface area contributed by atoms with Crippen LogP contribution in [-0.2, 0) is 22.4 Å². The number of nitrogens with zero attached hydrogens (tertiary/aromatic N) is 3. The van der Waals surface area contributed by atoms with Gasteiger partial charge in [-0.05, 0) is 81.5 Å². The normalized spacial score (nSPS) is 26.2. The second-order valence-corrected chi connectivity index (χ2v) is 10.6. The fourth-order valence-electron chi connectivity index (χ4n) is 6.59. The molecular formula is C27H41N3O2. The first-order valence-electron chi connectivity index (χ1n) is 13.1. The van der Waals surface area contributed by atoms with E-state index in [1.54, 1.807) is 18.1 Å². The second kappa shape index (κ2) is 10.2. The highest BCUT2D eigenvalue weighted by atomic mass is 16.5. The van der Waals surface area contributed by atoms with E-state index in [1.807, 2.05) is 4.90 Å². The predicted octanol–water partition coefficient (Wildman–Crippen LogP) is 3.36. The van der Waals surface area contributed by atoms with Crippen molar-refractivity contribution < 1.29 is 9.53 Å². The number of hydrogen-bond donors (Lipinski definition) is 0. The zero-order valence-electron chi connectivity index (χ0n) is 19.9. The van der Waals surface area contributed by atoms with Crippen LogP contribution >= 0.6 is 0 Å². The molecule has 0 saturated carbocycles. The first-order chi connectivity index (χ1) is 15.7. The number of carbonyl (C=O) groups excluding carboxylic acids is 1. The fraction of sp³-hybridized carbons (Fsp3) is 0.741. The molecule has 0 aromatic heterocycles. The summed E-state index contributed by atoms with van der Waals surface area (Å²) in [4.78, 5) is 19.3. The molecule has 1 amide bonds. The Bertz CT molecular complexity index is 737. The van der Waals surface area contributed by atoms with Crippen molar-refractivity contribution in [2.24, 2.45) is 5.92 Å². The summed E-state index contributed by atoms with van der Waals surface area (Å²) in [6.45, 7) is 9.28. The fourth-order valence-corrected chi connectivity index (χ4v) is 6.59. The summed E-state index contributed by atoms with van der Waals surface area (Å²) >= 11 is 0. The molecule has 3 saturated heterocycles. The van der Waals surface area contributed by atoms with Crippen molar-refractivity contribution in [3.8, 4) is 0 Å². The Balaban J connectivity index is 1.14. The maximum absolute atomic E-state index is 11.8. The van der Waals surface area contributed by atoms with Crippen LogP contribution < -0.4 is 0 Å². The van der Waals surface area contributed by atoms with Gasteiger partial charge in [0.2, 0.25) is 5.91 Å². The summed E-state index contributed by atoms with van der Waals surface area (Å²) in [5.74, 6) is 1.03. The average molecular weight is 440 g/mol. The van der Waals surface area contributed by atoms with Gasteiger partial charge in [0.25, 0.3) is 0 Å². The van der Waals surface area contributed by atoms with Crippen LogP contribution in [0.25, 0.3) is 0 Å². The van der Waals surface area contributed by atoms with Gasteiger partial charge in [-0.3, -0.25) is 14.6 Å². The minimum atomic E-state index is 0.232. The lowest BCUT2D eigenvalue weighted by molar-refractivity contribution is -0.130. The van der Waals surface area contributed by atoms with Crippen LogP contribution in [0.2, 0.25) is 0 Å². The van der Waals surface area contributed by atoms with E-state index < -0.39 is 0 Å². The highest BCUT2D eigenvalue weighted by molar-refractivity contribution is 5.73. The van der Waals surface area contributed by atoms with Crippen LogP contribution in [0, 0.1) is 5.92 Å². The summed E-state index contributed by atoms with van der Waals surface area (Å²) in [7, 11) is 0. The average Bonchev–Trinajstić information content (AvgIpc) is 3.49. The van der Waals surface area contributed by atoms with E-state index in [0.717, 1.165) is 45.0 Å². The molecule has 3 aliphatic heterocycles.